The van der Waals surface area contributed by atoms with E-state index in [1.54, 1.807) is 11.3 Å². The number of hydrogen-bond donors (Lipinski definition) is 1. The zero-order valence-electron chi connectivity index (χ0n) is 12.1. The third kappa shape index (κ3) is 3.05. The number of fused-ring (bicyclic) bond motifs is 1. The van der Waals surface area contributed by atoms with Crippen molar-refractivity contribution in [3.63, 3.8) is 0 Å². The van der Waals surface area contributed by atoms with E-state index in [1.165, 1.54) is 14.2 Å². The Balaban J connectivity index is 1.92. The van der Waals surface area contributed by atoms with Gasteiger partial charge in [0.15, 0.2) is 0 Å². The van der Waals surface area contributed by atoms with Gasteiger partial charge < -0.3 is 9.88 Å². The van der Waals surface area contributed by atoms with Gasteiger partial charge in [-0.2, -0.15) is 0 Å². The lowest BCUT2D eigenvalue weighted by Gasteiger charge is -2.16. The summed E-state index contributed by atoms with van der Waals surface area (Å²) in [5.74, 6) is 1.12. The summed E-state index contributed by atoms with van der Waals surface area (Å²) in [7, 11) is 2.10. The molecule has 2 heterocycles. The molecule has 3 nitrogen and oxygen atoms in total. The Hall–Kier alpha value is -1.17. The van der Waals surface area contributed by atoms with E-state index in [4.69, 9.17) is 4.98 Å². The molecule has 110 valence electrons. The standard InChI is InChI=1S/C16H18BrN3S/c1-3-18-12(14-8-9-15(17)21-14)10-16-19-11-6-4-5-7-13(11)20(16)2/h4-9,12,18H,3,10H2,1-2H3. The molecule has 1 aromatic carbocycles. The highest BCUT2D eigenvalue weighted by atomic mass is 79.9. The molecule has 0 aliphatic rings. The Bertz CT molecular complexity index is 747. The molecular weight excluding hydrogens is 346 g/mol. The van der Waals surface area contributed by atoms with E-state index in [2.05, 4.69) is 70.1 Å². The highest BCUT2D eigenvalue weighted by Gasteiger charge is 2.17. The first-order valence-electron chi connectivity index (χ1n) is 7.08. The Kier molecular flexibility index (Phi) is 4.42. The minimum atomic E-state index is 0.307. The van der Waals surface area contributed by atoms with E-state index in [0.29, 0.717) is 6.04 Å². The number of likely N-dealkylation sites (N-methyl/N-ethyl adjacent to an activating group) is 1. The molecule has 3 aromatic rings. The molecule has 1 unspecified atom stereocenters. The van der Waals surface area contributed by atoms with Crippen molar-refractivity contribution in [3.05, 3.63) is 50.9 Å². The van der Waals surface area contributed by atoms with E-state index >= 15 is 0 Å². The second kappa shape index (κ2) is 6.30. The minimum absolute atomic E-state index is 0.307. The molecule has 0 saturated heterocycles. The SMILES string of the molecule is CCNC(Cc1nc2ccccc2n1C)c1ccc(Br)s1. The predicted molar refractivity (Wildman–Crippen MR) is 92.9 cm³/mol. The summed E-state index contributed by atoms with van der Waals surface area (Å²) in [5.41, 5.74) is 2.26. The van der Waals surface area contributed by atoms with Gasteiger partial charge in [-0.1, -0.05) is 19.1 Å². The molecule has 0 aliphatic heterocycles. The van der Waals surface area contributed by atoms with Crippen LogP contribution in [-0.4, -0.2) is 16.1 Å². The van der Waals surface area contributed by atoms with Crippen LogP contribution in [0.15, 0.2) is 40.2 Å². The van der Waals surface area contributed by atoms with Crippen LogP contribution in [-0.2, 0) is 13.5 Å². The zero-order chi connectivity index (χ0) is 14.8. The van der Waals surface area contributed by atoms with E-state index in [0.717, 1.165) is 24.3 Å². The lowest BCUT2D eigenvalue weighted by atomic mass is 10.1. The van der Waals surface area contributed by atoms with Gasteiger partial charge in [0.1, 0.15) is 5.82 Å². The van der Waals surface area contributed by atoms with E-state index < -0.39 is 0 Å². The lowest BCUT2D eigenvalue weighted by molar-refractivity contribution is 0.538. The van der Waals surface area contributed by atoms with E-state index in [9.17, 15) is 0 Å². The second-order valence-corrected chi connectivity index (χ2v) is 7.53. The van der Waals surface area contributed by atoms with Crippen LogP contribution in [0.5, 0.6) is 0 Å². The van der Waals surface area contributed by atoms with Crippen LogP contribution in [0.4, 0.5) is 0 Å². The Labute approximate surface area is 137 Å². The first kappa shape index (κ1) is 14.8. The van der Waals surface area contributed by atoms with Gasteiger partial charge in [0.2, 0.25) is 0 Å². The first-order chi connectivity index (χ1) is 10.2. The number of imidazole rings is 1. The molecule has 0 spiro atoms. The number of thiophene rings is 1. The maximum atomic E-state index is 4.78. The number of nitrogens with one attached hydrogen (secondary N) is 1. The summed E-state index contributed by atoms with van der Waals surface area (Å²) in [4.78, 5) is 6.13. The molecule has 0 bridgehead atoms. The van der Waals surface area contributed by atoms with Gasteiger partial charge in [-0.25, -0.2) is 4.98 Å². The van der Waals surface area contributed by atoms with Crippen molar-refractivity contribution in [2.45, 2.75) is 19.4 Å². The van der Waals surface area contributed by atoms with Crippen LogP contribution < -0.4 is 5.32 Å². The molecule has 1 N–H and O–H groups in total. The molecular formula is C16H18BrN3S. The second-order valence-electron chi connectivity index (χ2n) is 5.03. The lowest BCUT2D eigenvalue weighted by Crippen LogP contribution is -2.23. The fraction of sp³-hybridized carbons (Fsp3) is 0.312. The average molecular weight is 364 g/mol. The van der Waals surface area contributed by atoms with Crippen molar-refractivity contribution in [3.8, 4) is 0 Å². The summed E-state index contributed by atoms with van der Waals surface area (Å²) in [6, 6.07) is 12.9. The number of para-hydroxylation sites is 2. The number of hydrogen-bond acceptors (Lipinski definition) is 3. The van der Waals surface area contributed by atoms with Crippen molar-refractivity contribution in [1.29, 1.82) is 0 Å². The molecule has 2 aromatic heterocycles. The van der Waals surface area contributed by atoms with Gasteiger partial charge in [-0.05, 0) is 46.7 Å². The fourth-order valence-corrected chi connectivity index (χ4v) is 4.10. The van der Waals surface area contributed by atoms with E-state index in [-0.39, 0.29) is 0 Å². The monoisotopic (exact) mass is 363 g/mol. The third-order valence-electron chi connectivity index (χ3n) is 3.65. The molecule has 0 aliphatic carbocycles. The number of aryl methyl sites for hydroxylation is 1. The largest absolute Gasteiger partial charge is 0.331 e. The average Bonchev–Trinajstić information content (AvgIpc) is 3.04. The number of benzene rings is 1. The summed E-state index contributed by atoms with van der Waals surface area (Å²) in [5, 5.41) is 3.57. The summed E-state index contributed by atoms with van der Waals surface area (Å²) in [6.07, 6.45) is 0.895. The number of nitrogens with zero attached hydrogens (tertiary/aromatic N) is 2. The summed E-state index contributed by atoms with van der Waals surface area (Å²) < 4.78 is 3.37. The first-order valence-corrected chi connectivity index (χ1v) is 8.69. The Morgan fingerprint density at radius 3 is 2.76 bits per heavy atom. The van der Waals surface area contributed by atoms with Gasteiger partial charge >= 0.3 is 0 Å². The third-order valence-corrected chi connectivity index (χ3v) is 5.39. The fourth-order valence-electron chi connectivity index (χ4n) is 2.60. The Morgan fingerprint density at radius 2 is 2.10 bits per heavy atom. The van der Waals surface area contributed by atoms with Crippen molar-refractivity contribution in [2.24, 2.45) is 7.05 Å². The molecule has 0 radical (unpaired) electrons. The van der Waals surface area contributed by atoms with Crippen LogP contribution in [0.2, 0.25) is 0 Å². The van der Waals surface area contributed by atoms with Gasteiger partial charge in [0, 0.05) is 24.4 Å². The number of rotatable bonds is 5. The van der Waals surface area contributed by atoms with Gasteiger partial charge in [0.25, 0.3) is 0 Å². The van der Waals surface area contributed by atoms with Crippen LogP contribution in [0.1, 0.15) is 23.7 Å². The van der Waals surface area contributed by atoms with Crippen LogP contribution in [0.25, 0.3) is 11.0 Å². The molecule has 0 amide bonds. The van der Waals surface area contributed by atoms with Crippen molar-refractivity contribution < 1.29 is 0 Å². The topological polar surface area (TPSA) is 29.9 Å². The predicted octanol–water partition coefficient (Wildman–Crippen LogP) is 4.29. The molecule has 5 heteroatoms. The van der Waals surface area contributed by atoms with Crippen molar-refractivity contribution in [1.82, 2.24) is 14.9 Å². The van der Waals surface area contributed by atoms with E-state index in [1.807, 2.05) is 6.07 Å². The van der Waals surface area contributed by atoms with Gasteiger partial charge in [0.05, 0.1) is 14.8 Å². The molecule has 0 saturated carbocycles. The van der Waals surface area contributed by atoms with Crippen molar-refractivity contribution in [2.75, 3.05) is 6.54 Å². The molecule has 1 atom stereocenters. The molecule has 0 fully saturated rings. The normalized spacial score (nSPS) is 12.9. The van der Waals surface area contributed by atoms with Gasteiger partial charge in [-0.15, -0.1) is 11.3 Å². The molecule has 3 rings (SSSR count). The highest BCUT2D eigenvalue weighted by Crippen LogP contribution is 2.29. The van der Waals surface area contributed by atoms with Gasteiger partial charge in [-0.3, -0.25) is 0 Å². The maximum absolute atomic E-state index is 4.78. The molecule has 21 heavy (non-hydrogen) atoms. The Morgan fingerprint density at radius 1 is 1.29 bits per heavy atom. The summed E-state index contributed by atoms with van der Waals surface area (Å²) in [6.45, 7) is 3.09. The van der Waals surface area contributed by atoms with Crippen LogP contribution >= 0.6 is 27.3 Å². The summed E-state index contributed by atoms with van der Waals surface area (Å²) >= 11 is 5.33. The van der Waals surface area contributed by atoms with Crippen molar-refractivity contribution >= 4 is 38.3 Å². The van der Waals surface area contributed by atoms with Crippen LogP contribution in [0, 0.1) is 0 Å². The smallest absolute Gasteiger partial charge is 0.111 e. The zero-order valence-corrected chi connectivity index (χ0v) is 14.5. The van der Waals surface area contributed by atoms with Crippen LogP contribution in [0.3, 0.4) is 0 Å². The highest BCUT2D eigenvalue weighted by molar-refractivity contribution is 9.11. The quantitative estimate of drug-likeness (QED) is 0.732. The number of halogens is 1. The maximum Gasteiger partial charge on any atom is 0.111 e. The minimum Gasteiger partial charge on any atom is -0.331 e. The number of aromatic nitrogens is 2.